The molecule has 36 valence electrons. The van der Waals surface area contributed by atoms with Crippen molar-refractivity contribution in [3.05, 3.63) is 0 Å². The fourth-order valence-corrected chi connectivity index (χ4v) is 0. The number of rotatable bonds is 0. The third-order valence-corrected chi connectivity index (χ3v) is 0. The van der Waals surface area contributed by atoms with E-state index in [1.807, 2.05) is 0 Å². The standard InChI is InChI=1S/H3NO3S.2Na.2H/c1-5(2,3)4;;;;/h(H3,1,2,3,4);;;;. The zero-order chi connectivity index (χ0) is 4.50. The van der Waals surface area contributed by atoms with E-state index in [1.165, 1.54) is 0 Å². The van der Waals surface area contributed by atoms with E-state index in [1.54, 1.807) is 0 Å². The summed E-state index contributed by atoms with van der Waals surface area (Å²) in [6, 6.07) is 0. The van der Waals surface area contributed by atoms with Crippen LogP contribution in [0.2, 0.25) is 0 Å². The van der Waals surface area contributed by atoms with Crippen LogP contribution in [0.4, 0.5) is 0 Å². The zero-order valence-electron chi connectivity index (χ0n) is 2.25. The van der Waals surface area contributed by atoms with E-state index >= 15 is 0 Å². The number of hydrogen-bond donors (Lipinski definition) is 2. The molecule has 4 nitrogen and oxygen atoms in total. The molecule has 0 aliphatic carbocycles. The summed E-state index contributed by atoms with van der Waals surface area (Å²) in [5.74, 6) is 0. The van der Waals surface area contributed by atoms with Crippen LogP contribution in [0.1, 0.15) is 0 Å². The first kappa shape index (κ1) is 15.9. The van der Waals surface area contributed by atoms with Crippen molar-refractivity contribution in [3.63, 3.8) is 0 Å². The van der Waals surface area contributed by atoms with Crippen molar-refractivity contribution >= 4 is 69.4 Å². The predicted molar refractivity (Wildman–Crippen MR) is 30.0 cm³/mol. The first-order valence-electron chi connectivity index (χ1n) is 0.752. The van der Waals surface area contributed by atoms with Gasteiger partial charge in [0.25, 0.3) is 0 Å². The zero-order valence-corrected chi connectivity index (χ0v) is 3.07. The number of nitrogens with two attached hydrogens (primary N) is 1. The normalized spacial score (nSPS) is 8.29. The second-order valence-electron chi connectivity index (χ2n) is 0.515. The van der Waals surface area contributed by atoms with Gasteiger partial charge in [0.05, 0.1) is 0 Å². The summed E-state index contributed by atoms with van der Waals surface area (Å²) in [6.07, 6.45) is 0. The molecule has 7 heteroatoms. The molecule has 0 fully saturated rings. The molecule has 7 heavy (non-hydrogen) atoms. The van der Waals surface area contributed by atoms with Crippen LogP contribution >= 0.6 is 0 Å². The molecule has 0 bridgehead atoms. The van der Waals surface area contributed by atoms with Crippen molar-refractivity contribution in [1.82, 2.24) is 0 Å². The second-order valence-corrected chi connectivity index (χ2v) is 1.54. The van der Waals surface area contributed by atoms with E-state index < -0.39 is 10.3 Å². The summed E-state index contributed by atoms with van der Waals surface area (Å²) in [7, 11) is -4.17. The maximum absolute atomic E-state index is 8.97. The Hall–Kier alpha value is 1.87. The second kappa shape index (κ2) is 6.00. The molecule has 0 amide bonds. The van der Waals surface area contributed by atoms with Gasteiger partial charge in [-0.1, -0.05) is 0 Å². The Morgan fingerprint density at radius 3 is 1.29 bits per heavy atom. The molecule has 0 spiro atoms. The average Bonchev–Trinajstić information content (AvgIpc) is 0.722. The quantitative estimate of drug-likeness (QED) is 0.291. The van der Waals surface area contributed by atoms with Gasteiger partial charge in [-0.25, -0.2) is 5.14 Å². The van der Waals surface area contributed by atoms with Crippen LogP contribution in [0.3, 0.4) is 0 Å². The van der Waals surface area contributed by atoms with Gasteiger partial charge in [0, 0.05) is 0 Å². The molecule has 0 aromatic rings. The Balaban J connectivity index is -0.0000000800. The fourth-order valence-electron chi connectivity index (χ4n) is 0. The topological polar surface area (TPSA) is 80.4 Å². The molecule has 3 N–H and O–H groups in total. The summed E-state index contributed by atoms with van der Waals surface area (Å²) in [4.78, 5) is 0. The van der Waals surface area contributed by atoms with Crippen molar-refractivity contribution in [1.29, 1.82) is 0 Å². The van der Waals surface area contributed by atoms with E-state index in [2.05, 4.69) is 5.14 Å². The molecule has 0 saturated heterocycles. The third-order valence-electron chi connectivity index (χ3n) is 0. The first-order valence-corrected chi connectivity index (χ1v) is 2.25. The van der Waals surface area contributed by atoms with Gasteiger partial charge >= 0.3 is 69.4 Å². The van der Waals surface area contributed by atoms with Crippen LogP contribution in [0.25, 0.3) is 0 Å². The van der Waals surface area contributed by atoms with Crippen molar-refractivity contribution in [3.8, 4) is 0 Å². The minimum absolute atomic E-state index is 0. The average molecular weight is 145 g/mol. The van der Waals surface area contributed by atoms with Crippen LogP contribution in [-0.2, 0) is 10.3 Å². The monoisotopic (exact) mass is 145 g/mol. The Morgan fingerprint density at radius 1 is 1.29 bits per heavy atom. The first-order chi connectivity index (χ1) is 2.00. The molecular formula is H5NNa2O3S. The molecule has 0 atom stereocenters. The molecule has 0 radical (unpaired) electrons. The summed E-state index contributed by atoms with van der Waals surface area (Å²) >= 11 is 0. The van der Waals surface area contributed by atoms with Crippen molar-refractivity contribution < 1.29 is 13.0 Å². The Kier molecular flexibility index (Phi) is 13.7. The summed E-state index contributed by atoms with van der Waals surface area (Å²) in [5, 5.41) is 3.88. The molecule has 0 aromatic heterocycles. The molecule has 0 saturated carbocycles. The molecule has 0 heterocycles. The molecule has 0 aliphatic rings. The van der Waals surface area contributed by atoms with Gasteiger partial charge in [0.15, 0.2) is 0 Å². The van der Waals surface area contributed by atoms with Gasteiger partial charge in [-0.2, -0.15) is 8.42 Å². The summed E-state index contributed by atoms with van der Waals surface area (Å²) in [6.45, 7) is 0. The van der Waals surface area contributed by atoms with E-state index in [0.29, 0.717) is 0 Å². The number of hydrogen-bond acceptors (Lipinski definition) is 2. The van der Waals surface area contributed by atoms with Gasteiger partial charge < -0.3 is 0 Å². The molecule has 0 unspecified atom stereocenters. The summed E-state index contributed by atoms with van der Waals surface area (Å²) in [5.41, 5.74) is 0. The van der Waals surface area contributed by atoms with E-state index in [4.69, 9.17) is 13.0 Å². The van der Waals surface area contributed by atoms with Crippen molar-refractivity contribution in [2.75, 3.05) is 0 Å². The van der Waals surface area contributed by atoms with Crippen molar-refractivity contribution in [2.24, 2.45) is 5.14 Å². The molecular weight excluding hydrogens is 140 g/mol. The Bertz CT molecular complexity index is 96.1. The van der Waals surface area contributed by atoms with Crippen LogP contribution in [0.15, 0.2) is 0 Å². The van der Waals surface area contributed by atoms with Crippen LogP contribution in [-0.4, -0.2) is 72.1 Å². The fraction of sp³-hybridized carbons (Fsp3) is 0. The van der Waals surface area contributed by atoms with Gasteiger partial charge in [-0.15, -0.1) is 0 Å². The Morgan fingerprint density at radius 2 is 1.29 bits per heavy atom. The molecule has 0 rings (SSSR count). The van der Waals surface area contributed by atoms with Gasteiger partial charge in [0.1, 0.15) is 0 Å². The van der Waals surface area contributed by atoms with Gasteiger partial charge in [0.2, 0.25) is 0 Å². The van der Waals surface area contributed by atoms with Crippen LogP contribution in [0.5, 0.6) is 0 Å². The minimum atomic E-state index is -4.17. The van der Waals surface area contributed by atoms with Gasteiger partial charge in [-0.3, -0.25) is 4.55 Å². The van der Waals surface area contributed by atoms with E-state index in [-0.39, 0.29) is 59.1 Å². The maximum atomic E-state index is 8.97. The van der Waals surface area contributed by atoms with Crippen LogP contribution in [0, 0.1) is 0 Å². The van der Waals surface area contributed by atoms with Crippen molar-refractivity contribution in [2.45, 2.75) is 0 Å². The molecule has 0 aliphatic heterocycles. The SMILES string of the molecule is NS(=O)(=O)O.[NaH].[NaH]. The van der Waals surface area contributed by atoms with Crippen LogP contribution < -0.4 is 5.14 Å². The van der Waals surface area contributed by atoms with Gasteiger partial charge in [-0.05, 0) is 0 Å². The van der Waals surface area contributed by atoms with E-state index in [0.717, 1.165) is 0 Å². The predicted octanol–water partition coefficient (Wildman–Crippen LogP) is -2.55. The van der Waals surface area contributed by atoms with E-state index in [9.17, 15) is 0 Å². The third kappa shape index (κ3) is 77.5. The summed E-state index contributed by atoms with van der Waals surface area (Å²) < 4.78 is 25.2. The molecule has 0 aromatic carbocycles. The Labute approximate surface area is 86.3 Å².